The fraction of sp³-hybridized carbons (Fsp3) is 0.500. The Morgan fingerprint density at radius 2 is 1.26 bits per heavy atom. The minimum absolute atomic E-state index is 0. The van der Waals surface area contributed by atoms with Crippen LogP contribution in [0.2, 0.25) is 0 Å². The van der Waals surface area contributed by atoms with Gasteiger partial charge in [-0.1, -0.05) is 122 Å². The molecule has 0 aliphatic heterocycles. The molecule has 252 valence electrons. The first kappa shape index (κ1) is 40.0. The Morgan fingerprint density at radius 3 is 1.60 bits per heavy atom. The Balaban J connectivity index is 0.000000230. The predicted molar refractivity (Wildman–Crippen MR) is 197 cm³/mol. The van der Waals surface area contributed by atoms with E-state index in [9.17, 15) is 0 Å². The van der Waals surface area contributed by atoms with E-state index >= 15 is 0 Å². The van der Waals surface area contributed by atoms with Crippen molar-refractivity contribution >= 4 is 35.9 Å². The van der Waals surface area contributed by atoms with Crippen LogP contribution >= 0.6 is 0 Å². The van der Waals surface area contributed by atoms with Gasteiger partial charge in [-0.3, -0.25) is 6.08 Å². The van der Waals surface area contributed by atoms with Crippen molar-refractivity contribution in [2.45, 2.75) is 132 Å². The molecule has 1 saturated carbocycles. The maximum absolute atomic E-state index is 3.57. The summed E-state index contributed by atoms with van der Waals surface area (Å²) < 4.78 is 1.80. The number of allylic oxidation sites excluding steroid dienone is 8. The molecule has 1 fully saturated rings. The molecule has 0 spiro atoms. The first-order valence-electron chi connectivity index (χ1n) is 17.6. The van der Waals surface area contributed by atoms with Crippen LogP contribution in [0.1, 0.15) is 143 Å². The monoisotopic (exact) mass is 744 g/mol. The van der Waals surface area contributed by atoms with Gasteiger partial charge in [0.25, 0.3) is 0 Å². The summed E-state index contributed by atoms with van der Waals surface area (Å²) in [4.78, 5) is 0. The molecule has 1 unspecified atom stereocenters. The maximum atomic E-state index is 3.57. The molecule has 3 aromatic carbocycles. The van der Waals surface area contributed by atoms with Gasteiger partial charge in [-0.25, -0.2) is 5.57 Å². The van der Waals surface area contributed by atoms with Crippen LogP contribution in [0.15, 0.2) is 59.7 Å². The molecule has 4 aliphatic rings. The first-order chi connectivity index (χ1) is 21.1. The van der Waals surface area contributed by atoms with Gasteiger partial charge in [0, 0.05) is 10.8 Å². The fourth-order valence-corrected chi connectivity index (χ4v) is 8.93. The zero-order chi connectivity index (χ0) is 32.9. The average molecular weight is 747 g/mol. The summed E-state index contributed by atoms with van der Waals surface area (Å²) in [5.74, 6) is 0.573. The number of halogens is 2. The van der Waals surface area contributed by atoms with Crippen molar-refractivity contribution in [2.24, 2.45) is 11.3 Å². The summed E-state index contributed by atoms with van der Waals surface area (Å²) in [5, 5.41) is 5.57. The summed E-state index contributed by atoms with van der Waals surface area (Å²) in [6, 6.07) is 12.1. The Kier molecular flexibility index (Phi) is 13.0. The molecule has 0 amide bonds. The molecule has 7 rings (SSSR count). The van der Waals surface area contributed by atoms with Crippen LogP contribution < -0.4 is 24.8 Å². The van der Waals surface area contributed by atoms with Crippen molar-refractivity contribution in [3.05, 3.63) is 88.0 Å². The van der Waals surface area contributed by atoms with Gasteiger partial charge in [-0.15, -0.1) is 39.7 Å². The molecule has 3 aromatic rings. The molecule has 4 aliphatic carbocycles. The zero-order valence-corrected chi connectivity index (χ0v) is 34.9. The van der Waals surface area contributed by atoms with Crippen molar-refractivity contribution in [1.29, 1.82) is 0 Å². The van der Waals surface area contributed by atoms with Crippen LogP contribution in [0, 0.1) is 17.4 Å². The molecule has 0 bridgehead atoms. The third kappa shape index (κ3) is 8.33. The van der Waals surface area contributed by atoms with Gasteiger partial charge < -0.3 is 24.8 Å². The zero-order valence-electron chi connectivity index (χ0n) is 30.9. The average Bonchev–Trinajstić information content (AvgIpc) is 3.68. The number of benzene rings is 2. The van der Waals surface area contributed by atoms with Crippen LogP contribution in [-0.2, 0) is 35.1 Å². The fourth-order valence-electron chi connectivity index (χ4n) is 8.06. The van der Waals surface area contributed by atoms with E-state index in [4.69, 9.17) is 0 Å². The topological polar surface area (TPSA) is 0 Å². The van der Waals surface area contributed by atoms with Gasteiger partial charge in [-0.2, -0.15) is 11.6 Å². The van der Waals surface area contributed by atoms with Gasteiger partial charge in [0.05, 0.1) is 0 Å². The van der Waals surface area contributed by atoms with E-state index in [-0.39, 0.29) is 35.6 Å². The number of hydrogen-bond donors (Lipinski definition) is 0. The van der Waals surface area contributed by atoms with E-state index in [1.165, 1.54) is 105 Å². The van der Waals surface area contributed by atoms with Crippen LogP contribution in [0.4, 0.5) is 0 Å². The van der Waals surface area contributed by atoms with Crippen molar-refractivity contribution in [3.63, 3.8) is 0 Å². The molecule has 0 radical (unpaired) electrons. The predicted octanol–water partition coefficient (Wildman–Crippen LogP) is 6.92. The van der Waals surface area contributed by atoms with Crippen LogP contribution in [0.5, 0.6) is 0 Å². The third-order valence-corrected chi connectivity index (χ3v) is 11.7. The second-order valence-electron chi connectivity index (χ2n) is 16.2. The first-order valence-corrected chi connectivity index (χ1v) is 18.8. The molecule has 3 heteroatoms. The molecule has 0 saturated heterocycles. The number of hydrogen-bond acceptors (Lipinski definition) is 0. The van der Waals surface area contributed by atoms with Crippen LogP contribution in [0.25, 0.3) is 32.7 Å². The van der Waals surface area contributed by atoms with Gasteiger partial charge in [0.2, 0.25) is 0 Å². The van der Waals surface area contributed by atoms with Gasteiger partial charge in [0.1, 0.15) is 0 Å². The normalized spacial score (nSPS) is 20.4. The van der Waals surface area contributed by atoms with Crippen molar-refractivity contribution in [3.8, 4) is 0 Å². The molecule has 0 nitrogen and oxygen atoms in total. The van der Waals surface area contributed by atoms with E-state index in [1.54, 1.807) is 27.4 Å². The summed E-state index contributed by atoms with van der Waals surface area (Å²) in [7, 11) is 0. The summed E-state index contributed by atoms with van der Waals surface area (Å²) in [5.41, 5.74) is 12.2. The summed E-state index contributed by atoms with van der Waals surface area (Å²) >= 11 is 1.69. The molecular weight excluding hydrogens is 691 g/mol. The van der Waals surface area contributed by atoms with Crippen molar-refractivity contribution < 1.29 is 49.0 Å². The van der Waals surface area contributed by atoms with Gasteiger partial charge in [-0.05, 0) is 36.1 Å². The quantitative estimate of drug-likeness (QED) is 0.250. The molecule has 0 heterocycles. The molecule has 1 atom stereocenters. The molecule has 0 aromatic heterocycles. The van der Waals surface area contributed by atoms with E-state index in [0.29, 0.717) is 11.3 Å². The van der Waals surface area contributed by atoms with Crippen LogP contribution in [-0.4, -0.2) is 3.21 Å². The molecular formula is C44H56Cl2Zr-2. The van der Waals surface area contributed by atoms with Crippen molar-refractivity contribution in [1.82, 2.24) is 0 Å². The van der Waals surface area contributed by atoms with E-state index in [0.717, 1.165) is 6.42 Å². The Labute approximate surface area is 314 Å². The minimum atomic E-state index is 0. The SMILES string of the molecule is CC1=CC(C)(C)c2cc3[cH-]c4cc5c(cc4c3cc21)C(C)=CC5(C)C.CCC1=[C-]C(CC)C=C1C(C)(C)C.[Cl-].[Cl-].[Zr+2]=[C]1CCCCC1. The Bertz CT molecular complexity index is 1660. The second-order valence-corrected chi connectivity index (χ2v) is 17.9. The van der Waals surface area contributed by atoms with E-state index in [1.807, 2.05) is 0 Å². The summed E-state index contributed by atoms with van der Waals surface area (Å²) in [6.07, 6.45) is 20.4. The van der Waals surface area contributed by atoms with Crippen LogP contribution in [0.3, 0.4) is 0 Å². The van der Waals surface area contributed by atoms with E-state index in [2.05, 4.69) is 131 Å². The van der Waals surface area contributed by atoms with E-state index < -0.39 is 0 Å². The third-order valence-electron chi connectivity index (χ3n) is 10.5. The number of rotatable bonds is 2. The molecule has 47 heavy (non-hydrogen) atoms. The van der Waals surface area contributed by atoms with Crippen molar-refractivity contribution in [2.75, 3.05) is 0 Å². The van der Waals surface area contributed by atoms with Gasteiger partial charge in [0.15, 0.2) is 0 Å². The second kappa shape index (κ2) is 15.2. The number of fused-ring (bicyclic) bond motifs is 5. The molecule has 0 N–H and O–H groups in total. The summed E-state index contributed by atoms with van der Waals surface area (Å²) in [6.45, 7) is 25.1. The Morgan fingerprint density at radius 1 is 0.787 bits per heavy atom. The standard InChI is InChI=1S/C25H25.C13H21.C6H10.2ClH.Zr/c1-14-12-24(3,4)22-8-16-7-17-9-23-19(15(2)13-25(23,5)6)11-21(17)20(16)10-18(14)22;1-6-10-8-11(7-2)12(9-10)13(3,4)5;1-2-4-6-5-3-1;;;/h7-13H,1-6H3;9-10H,6-7H2,1-5H3;1-5H2;2*1H;/q2*-1;;;;+2/p-2. The van der Waals surface area contributed by atoms with Gasteiger partial charge >= 0.3 is 59.5 Å². The Hall–Kier alpha value is -1.40.